The number of carbonyl (C=O) groups is 3. The number of benzene rings is 1. The smallest absolute Gasteiger partial charge is 0.255 e. The first-order chi connectivity index (χ1) is 12.0. The van der Waals surface area contributed by atoms with Crippen molar-refractivity contribution in [3.63, 3.8) is 0 Å². The van der Waals surface area contributed by atoms with Crippen LogP contribution in [0.2, 0.25) is 0 Å². The molecule has 4 N–H and O–H groups in total. The molecular weight excluding hydrogens is 320 g/mol. The van der Waals surface area contributed by atoms with Crippen LogP contribution in [-0.4, -0.2) is 41.2 Å². The molecule has 0 spiro atoms. The van der Waals surface area contributed by atoms with E-state index in [2.05, 4.69) is 17.6 Å². The van der Waals surface area contributed by atoms with E-state index in [1.165, 1.54) is 0 Å². The molecule has 2 atom stereocenters. The van der Waals surface area contributed by atoms with Crippen molar-refractivity contribution < 1.29 is 14.4 Å². The van der Waals surface area contributed by atoms with E-state index < -0.39 is 6.04 Å². The number of carbonyl (C=O) groups excluding carboxylic acids is 3. The number of nitrogens with one attached hydrogen (secondary N) is 2. The zero-order valence-corrected chi connectivity index (χ0v) is 14.4. The zero-order valence-electron chi connectivity index (χ0n) is 14.4. The molecule has 3 amide bonds. The van der Waals surface area contributed by atoms with Crippen LogP contribution in [-0.2, 0) is 22.7 Å². The Morgan fingerprint density at radius 2 is 2.16 bits per heavy atom. The van der Waals surface area contributed by atoms with E-state index in [0.717, 1.165) is 17.5 Å². The van der Waals surface area contributed by atoms with Gasteiger partial charge < -0.3 is 16.0 Å². The summed E-state index contributed by atoms with van der Waals surface area (Å²) in [5, 5.41) is 5.71. The number of amides is 3. The quantitative estimate of drug-likeness (QED) is 0.643. The Hall–Kier alpha value is -2.25. The fourth-order valence-corrected chi connectivity index (χ4v) is 3.47. The molecule has 7 heteroatoms. The number of hydrogen-bond donors (Lipinski definition) is 3. The summed E-state index contributed by atoms with van der Waals surface area (Å²) in [4.78, 5) is 38.0. The van der Waals surface area contributed by atoms with Gasteiger partial charge in [-0.3, -0.25) is 19.7 Å². The monoisotopic (exact) mass is 344 g/mol. The molecule has 2 aliphatic heterocycles. The van der Waals surface area contributed by atoms with Gasteiger partial charge in [0.1, 0.15) is 6.04 Å². The Morgan fingerprint density at radius 1 is 1.36 bits per heavy atom. The Labute approximate surface area is 146 Å². The van der Waals surface area contributed by atoms with Crippen LogP contribution in [0.25, 0.3) is 0 Å². The van der Waals surface area contributed by atoms with Crippen molar-refractivity contribution in [3.8, 4) is 0 Å². The van der Waals surface area contributed by atoms with Gasteiger partial charge in [-0.25, -0.2) is 0 Å². The Balaban J connectivity index is 1.76. The lowest BCUT2D eigenvalue weighted by Crippen LogP contribution is -2.52. The fraction of sp³-hybridized carbons (Fsp3) is 0.500. The largest absolute Gasteiger partial charge is 0.330 e. The van der Waals surface area contributed by atoms with E-state index in [1.807, 2.05) is 18.2 Å². The zero-order chi connectivity index (χ0) is 18.0. The summed E-state index contributed by atoms with van der Waals surface area (Å²) in [5.74, 6) is -0.786. The molecule has 0 aromatic heterocycles. The molecule has 2 heterocycles. The van der Waals surface area contributed by atoms with Gasteiger partial charge in [0.25, 0.3) is 5.91 Å². The van der Waals surface area contributed by atoms with Crippen LogP contribution in [0.4, 0.5) is 0 Å². The van der Waals surface area contributed by atoms with E-state index in [-0.39, 0.29) is 30.2 Å². The summed E-state index contributed by atoms with van der Waals surface area (Å²) in [5.41, 5.74) is 8.11. The van der Waals surface area contributed by atoms with E-state index >= 15 is 0 Å². The van der Waals surface area contributed by atoms with Crippen LogP contribution in [0.1, 0.15) is 47.7 Å². The predicted molar refractivity (Wildman–Crippen MR) is 92.5 cm³/mol. The molecule has 1 aromatic carbocycles. The van der Waals surface area contributed by atoms with E-state index in [4.69, 9.17) is 5.73 Å². The number of nitrogens with zero attached hydrogens (tertiary/aromatic N) is 1. The molecule has 0 bridgehead atoms. The third-order valence-electron chi connectivity index (χ3n) is 4.88. The lowest BCUT2D eigenvalue weighted by atomic mass is 10.0. The summed E-state index contributed by atoms with van der Waals surface area (Å²) in [6, 6.07) is 5.49. The number of fused-ring (bicyclic) bond motifs is 1. The highest BCUT2D eigenvalue weighted by molar-refractivity contribution is 6.05. The van der Waals surface area contributed by atoms with Crippen molar-refractivity contribution in [2.75, 3.05) is 6.54 Å². The third-order valence-corrected chi connectivity index (χ3v) is 4.88. The van der Waals surface area contributed by atoms with Crippen LogP contribution < -0.4 is 16.4 Å². The van der Waals surface area contributed by atoms with Gasteiger partial charge in [-0.15, -0.1) is 0 Å². The molecule has 0 aliphatic carbocycles. The number of rotatable bonds is 6. The summed E-state index contributed by atoms with van der Waals surface area (Å²) in [6.07, 6.45) is 1.51. The average Bonchev–Trinajstić information content (AvgIpc) is 2.91. The normalized spacial score (nSPS) is 21.3. The van der Waals surface area contributed by atoms with Crippen molar-refractivity contribution in [2.24, 2.45) is 5.73 Å². The molecule has 1 saturated heterocycles. The number of imide groups is 1. The second kappa shape index (κ2) is 7.33. The second-order valence-electron chi connectivity index (χ2n) is 6.71. The number of nitrogens with two attached hydrogens (primary N) is 1. The van der Waals surface area contributed by atoms with Gasteiger partial charge in [0.15, 0.2) is 0 Å². The minimum absolute atomic E-state index is 0.131. The Morgan fingerprint density at radius 3 is 2.88 bits per heavy atom. The first-order valence-corrected chi connectivity index (χ1v) is 8.70. The van der Waals surface area contributed by atoms with Crippen molar-refractivity contribution in [2.45, 2.75) is 51.4 Å². The summed E-state index contributed by atoms with van der Waals surface area (Å²) in [7, 11) is 0. The van der Waals surface area contributed by atoms with E-state index in [1.54, 1.807) is 4.90 Å². The molecular formula is C18H24N4O3. The molecule has 1 aromatic rings. The summed E-state index contributed by atoms with van der Waals surface area (Å²) >= 11 is 0. The number of hydrogen-bond acceptors (Lipinski definition) is 5. The molecule has 25 heavy (non-hydrogen) atoms. The standard InChI is InChI=1S/C18H24N4O3/c1-11(7-8-19)20-9-12-3-2-4-13-10-22(18(25)16(12)13)14-5-6-15(23)21-17(14)24/h2-4,11,14,20H,5-10,19H2,1H3,(H,21,23,24). The molecule has 2 unspecified atom stereocenters. The third kappa shape index (κ3) is 3.57. The Kier molecular flexibility index (Phi) is 5.15. The minimum Gasteiger partial charge on any atom is -0.330 e. The fourth-order valence-electron chi connectivity index (χ4n) is 3.47. The highest BCUT2D eigenvalue weighted by Gasteiger charge is 2.39. The molecule has 2 aliphatic rings. The van der Waals surface area contributed by atoms with Gasteiger partial charge in [-0.1, -0.05) is 18.2 Å². The maximum absolute atomic E-state index is 12.9. The SMILES string of the molecule is CC(CCN)NCc1cccc2c1C(=O)N(C1CCC(=O)NC1=O)C2. The predicted octanol–water partition coefficient (Wildman–Crippen LogP) is 0.275. The van der Waals surface area contributed by atoms with Crippen molar-refractivity contribution >= 4 is 17.7 Å². The van der Waals surface area contributed by atoms with Gasteiger partial charge in [0, 0.05) is 31.1 Å². The highest BCUT2D eigenvalue weighted by Crippen LogP contribution is 2.29. The number of piperidine rings is 1. The van der Waals surface area contributed by atoms with E-state index in [9.17, 15) is 14.4 Å². The van der Waals surface area contributed by atoms with Crippen LogP contribution in [0, 0.1) is 0 Å². The lowest BCUT2D eigenvalue weighted by Gasteiger charge is -2.29. The first kappa shape index (κ1) is 17.6. The average molecular weight is 344 g/mol. The van der Waals surface area contributed by atoms with Crippen LogP contribution >= 0.6 is 0 Å². The summed E-state index contributed by atoms with van der Waals surface area (Å²) in [6.45, 7) is 3.67. The topological polar surface area (TPSA) is 105 Å². The molecule has 0 radical (unpaired) electrons. The summed E-state index contributed by atoms with van der Waals surface area (Å²) < 4.78 is 0. The van der Waals surface area contributed by atoms with Crippen LogP contribution in [0.3, 0.4) is 0 Å². The van der Waals surface area contributed by atoms with Gasteiger partial charge in [0.2, 0.25) is 11.8 Å². The van der Waals surface area contributed by atoms with Crippen LogP contribution in [0.15, 0.2) is 18.2 Å². The molecule has 134 valence electrons. The molecule has 3 rings (SSSR count). The molecule has 7 nitrogen and oxygen atoms in total. The van der Waals surface area contributed by atoms with Gasteiger partial charge >= 0.3 is 0 Å². The van der Waals surface area contributed by atoms with Crippen molar-refractivity contribution in [1.29, 1.82) is 0 Å². The van der Waals surface area contributed by atoms with E-state index in [0.29, 0.717) is 31.6 Å². The Bertz CT molecular complexity index is 704. The van der Waals surface area contributed by atoms with Gasteiger partial charge in [0.05, 0.1) is 0 Å². The first-order valence-electron chi connectivity index (χ1n) is 8.70. The maximum Gasteiger partial charge on any atom is 0.255 e. The molecule has 1 fully saturated rings. The van der Waals surface area contributed by atoms with Gasteiger partial charge in [-0.2, -0.15) is 0 Å². The van der Waals surface area contributed by atoms with Crippen LogP contribution in [0.5, 0.6) is 0 Å². The maximum atomic E-state index is 12.9. The van der Waals surface area contributed by atoms with Gasteiger partial charge in [-0.05, 0) is 37.4 Å². The van der Waals surface area contributed by atoms with Crippen molar-refractivity contribution in [1.82, 2.24) is 15.5 Å². The van der Waals surface area contributed by atoms with Crippen molar-refractivity contribution in [3.05, 3.63) is 34.9 Å². The highest BCUT2D eigenvalue weighted by atomic mass is 16.2. The molecule has 0 saturated carbocycles. The second-order valence-corrected chi connectivity index (χ2v) is 6.71. The minimum atomic E-state index is -0.574. The lowest BCUT2D eigenvalue weighted by molar-refractivity contribution is -0.136.